The lowest BCUT2D eigenvalue weighted by atomic mass is 10.2. The number of nitrogens with one attached hydrogen (secondary N) is 1. The molecular formula is C9H19N3O3. The Morgan fingerprint density at radius 1 is 1.47 bits per heavy atom. The van der Waals surface area contributed by atoms with Crippen LogP contribution in [0.2, 0.25) is 0 Å². The molecule has 0 unspecified atom stereocenters. The van der Waals surface area contributed by atoms with Gasteiger partial charge >= 0.3 is 5.97 Å². The van der Waals surface area contributed by atoms with E-state index in [9.17, 15) is 9.59 Å². The molecule has 0 aliphatic heterocycles. The summed E-state index contributed by atoms with van der Waals surface area (Å²) in [4.78, 5) is 23.5. The molecule has 0 bridgehead atoms. The normalized spacial score (nSPS) is 12.5. The third kappa shape index (κ3) is 7.90. The Hall–Kier alpha value is -1.14. The molecule has 0 rings (SSSR count). The minimum Gasteiger partial charge on any atom is -0.481 e. The standard InChI is InChI=1S/C9H19N3O3/c1-12(2)5-3-4-11-9(15)7(10)6-8(13)14/h7H,3-6,10H2,1-2H3,(H,11,15)(H,13,14)/t7-/m1/s1. The van der Waals surface area contributed by atoms with Crippen molar-refractivity contribution in [2.45, 2.75) is 18.9 Å². The molecule has 0 saturated carbocycles. The van der Waals surface area contributed by atoms with Crippen molar-refractivity contribution in [3.05, 3.63) is 0 Å². The Kier molecular flexibility index (Phi) is 6.64. The summed E-state index contributed by atoms with van der Waals surface area (Å²) in [7, 11) is 3.88. The second kappa shape index (κ2) is 7.19. The zero-order valence-electron chi connectivity index (χ0n) is 9.19. The van der Waals surface area contributed by atoms with Gasteiger partial charge in [0.1, 0.15) is 0 Å². The van der Waals surface area contributed by atoms with E-state index in [1.54, 1.807) is 0 Å². The summed E-state index contributed by atoms with van der Waals surface area (Å²) in [5.74, 6) is -1.47. The van der Waals surface area contributed by atoms with Crippen molar-refractivity contribution in [1.82, 2.24) is 10.2 Å². The highest BCUT2D eigenvalue weighted by Gasteiger charge is 2.15. The number of carboxylic acid groups (broad SMARTS) is 1. The zero-order valence-corrected chi connectivity index (χ0v) is 9.19. The average molecular weight is 217 g/mol. The third-order valence-electron chi connectivity index (χ3n) is 1.81. The van der Waals surface area contributed by atoms with E-state index in [2.05, 4.69) is 5.32 Å². The fraction of sp³-hybridized carbons (Fsp3) is 0.778. The van der Waals surface area contributed by atoms with Crippen molar-refractivity contribution >= 4 is 11.9 Å². The molecule has 0 aliphatic rings. The van der Waals surface area contributed by atoms with E-state index < -0.39 is 17.9 Å². The van der Waals surface area contributed by atoms with E-state index in [0.29, 0.717) is 6.54 Å². The fourth-order valence-electron chi connectivity index (χ4n) is 1.02. The number of amides is 1. The summed E-state index contributed by atoms with van der Waals surface area (Å²) in [6, 6.07) is -0.957. The van der Waals surface area contributed by atoms with Gasteiger partial charge in [-0.25, -0.2) is 0 Å². The maximum atomic E-state index is 11.2. The van der Waals surface area contributed by atoms with E-state index in [1.807, 2.05) is 19.0 Å². The van der Waals surface area contributed by atoms with Gasteiger partial charge in [0.25, 0.3) is 0 Å². The fourth-order valence-corrected chi connectivity index (χ4v) is 1.02. The minimum atomic E-state index is -1.06. The average Bonchev–Trinajstić information content (AvgIpc) is 2.10. The van der Waals surface area contributed by atoms with Gasteiger partial charge < -0.3 is 21.1 Å². The summed E-state index contributed by atoms with van der Waals surface area (Å²) in [6.45, 7) is 1.39. The van der Waals surface area contributed by atoms with Gasteiger partial charge in [-0.1, -0.05) is 0 Å². The van der Waals surface area contributed by atoms with E-state index >= 15 is 0 Å². The van der Waals surface area contributed by atoms with Crippen LogP contribution in [0.1, 0.15) is 12.8 Å². The molecule has 88 valence electrons. The molecule has 0 fully saturated rings. The highest BCUT2D eigenvalue weighted by molar-refractivity contribution is 5.85. The third-order valence-corrected chi connectivity index (χ3v) is 1.81. The Balaban J connectivity index is 3.60. The van der Waals surface area contributed by atoms with Crippen molar-refractivity contribution < 1.29 is 14.7 Å². The molecule has 1 atom stereocenters. The second-order valence-electron chi connectivity index (χ2n) is 3.65. The van der Waals surface area contributed by atoms with Crippen molar-refractivity contribution in [2.24, 2.45) is 5.73 Å². The number of hydrogen-bond donors (Lipinski definition) is 3. The highest BCUT2D eigenvalue weighted by Crippen LogP contribution is 1.89. The number of carboxylic acids is 1. The Morgan fingerprint density at radius 2 is 2.07 bits per heavy atom. The molecule has 15 heavy (non-hydrogen) atoms. The number of carbonyl (C=O) groups is 2. The number of nitrogens with two attached hydrogens (primary N) is 1. The maximum absolute atomic E-state index is 11.2. The van der Waals surface area contributed by atoms with Crippen LogP contribution in [0, 0.1) is 0 Å². The summed E-state index contributed by atoms with van der Waals surface area (Å²) in [5, 5.41) is 11.0. The predicted molar refractivity (Wildman–Crippen MR) is 56.4 cm³/mol. The number of carbonyl (C=O) groups excluding carboxylic acids is 1. The summed E-state index contributed by atoms with van der Waals surface area (Å²) in [6.07, 6.45) is 0.484. The van der Waals surface area contributed by atoms with Crippen molar-refractivity contribution in [1.29, 1.82) is 0 Å². The van der Waals surface area contributed by atoms with Crippen molar-refractivity contribution in [2.75, 3.05) is 27.2 Å². The molecule has 0 aromatic carbocycles. The SMILES string of the molecule is CN(C)CCCNC(=O)[C@H](N)CC(=O)O. The lowest BCUT2D eigenvalue weighted by Gasteiger charge is -2.12. The van der Waals surface area contributed by atoms with Crippen LogP contribution in [0.4, 0.5) is 0 Å². The van der Waals surface area contributed by atoms with Gasteiger partial charge in [-0.05, 0) is 27.1 Å². The van der Waals surface area contributed by atoms with Crippen LogP contribution >= 0.6 is 0 Å². The molecule has 0 aromatic heterocycles. The van der Waals surface area contributed by atoms with Crippen LogP contribution < -0.4 is 11.1 Å². The molecule has 0 radical (unpaired) electrons. The van der Waals surface area contributed by atoms with Crippen LogP contribution in [0.25, 0.3) is 0 Å². The predicted octanol–water partition coefficient (Wildman–Crippen LogP) is -1.14. The zero-order chi connectivity index (χ0) is 11.8. The van der Waals surface area contributed by atoms with Gasteiger partial charge in [0.05, 0.1) is 12.5 Å². The van der Waals surface area contributed by atoms with E-state index in [-0.39, 0.29) is 6.42 Å². The van der Waals surface area contributed by atoms with E-state index in [4.69, 9.17) is 10.8 Å². The summed E-state index contributed by atoms with van der Waals surface area (Å²) in [5.41, 5.74) is 5.36. The molecule has 0 aromatic rings. The molecule has 0 aliphatic carbocycles. The largest absolute Gasteiger partial charge is 0.481 e. The van der Waals surface area contributed by atoms with Crippen LogP contribution in [-0.2, 0) is 9.59 Å². The van der Waals surface area contributed by atoms with E-state index in [0.717, 1.165) is 13.0 Å². The van der Waals surface area contributed by atoms with Crippen LogP contribution in [0.5, 0.6) is 0 Å². The van der Waals surface area contributed by atoms with Gasteiger partial charge in [0.2, 0.25) is 5.91 Å². The smallest absolute Gasteiger partial charge is 0.305 e. The quantitative estimate of drug-likeness (QED) is 0.468. The Labute approximate surface area is 89.4 Å². The molecule has 0 saturated heterocycles. The maximum Gasteiger partial charge on any atom is 0.305 e. The van der Waals surface area contributed by atoms with Crippen LogP contribution in [0.15, 0.2) is 0 Å². The van der Waals surface area contributed by atoms with Gasteiger partial charge in [-0.3, -0.25) is 9.59 Å². The first kappa shape index (κ1) is 13.9. The summed E-state index contributed by atoms with van der Waals surface area (Å²) >= 11 is 0. The van der Waals surface area contributed by atoms with E-state index in [1.165, 1.54) is 0 Å². The van der Waals surface area contributed by atoms with Crippen LogP contribution in [0.3, 0.4) is 0 Å². The minimum absolute atomic E-state index is 0.334. The lowest BCUT2D eigenvalue weighted by Crippen LogP contribution is -2.42. The molecular weight excluding hydrogens is 198 g/mol. The first-order chi connectivity index (χ1) is 6.93. The molecule has 4 N–H and O–H groups in total. The Morgan fingerprint density at radius 3 is 2.53 bits per heavy atom. The van der Waals surface area contributed by atoms with Gasteiger partial charge in [0, 0.05) is 6.54 Å². The second-order valence-corrected chi connectivity index (χ2v) is 3.65. The number of nitrogens with zero attached hydrogens (tertiary/aromatic N) is 1. The van der Waals surface area contributed by atoms with Crippen LogP contribution in [-0.4, -0.2) is 55.1 Å². The molecule has 0 heterocycles. The highest BCUT2D eigenvalue weighted by atomic mass is 16.4. The van der Waals surface area contributed by atoms with Crippen molar-refractivity contribution in [3.63, 3.8) is 0 Å². The Bertz CT molecular complexity index is 219. The molecule has 6 heteroatoms. The topological polar surface area (TPSA) is 95.7 Å². The van der Waals surface area contributed by atoms with Gasteiger partial charge in [-0.15, -0.1) is 0 Å². The number of hydrogen-bond acceptors (Lipinski definition) is 4. The molecule has 0 spiro atoms. The van der Waals surface area contributed by atoms with Gasteiger partial charge in [-0.2, -0.15) is 0 Å². The first-order valence-electron chi connectivity index (χ1n) is 4.83. The lowest BCUT2D eigenvalue weighted by molar-refractivity contribution is -0.139. The van der Waals surface area contributed by atoms with Crippen molar-refractivity contribution in [3.8, 4) is 0 Å². The molecule has 6 nitrogen and oxygen atoms in total. The monoisotopic (exact) mass is 217 g/mol. The number of aliphatic carboxylic acids is 1. The first-order valence-corrected chi connectivity index (χ1v) is 4.83. The molecule has 1 amide bonds. The number of rotatable bonds is 7. The summed E-state index contributed by atoms with van der Waals surface area (Å²) < 4.78 is 0. The van der Waals surface area contributed by atoms with Gasteiger partial charge in [0.15, 0.2) is 0 Å².